The van der Waals surface area contributed by atoms with Crippen LogP contribution in [0.25, 0.3) is 0 Å². The Kier molecular flexibility index (Phi) is 9.63. The molecular formula is C15H17N3O5. The van der Waals surface area contributed by atoms with E-state index in [1.807, 2.05) is 0 Å². The maximum absolute atomic E-state index is 10.1. The van der Waals surface area contributed by atoms with E-state index in [9.17, 15) is 14.4 Å². The average Bonchev–Trinajstić information content (AvgIpc) is 2.57. The topological polar surface area (TPSA) is 156 Å². The lowest BCUT2D eigenvalue weighted by Gasteiger charge is -1.91. The molecule has 8 nitrogen and oxygen atoms in total. The van der Waals surface area contributed by atoms with Crippen molar-refractivity contribution in [2.45, 2.75) is 0 Å². The highest BCUT2D eigenvalue weighted by Gasteiger charge is 1.93. The largest absolute Gasteiger partial charge is 0.507 e. The standard InChI is InChI=1S/2C7H6O2.CH5N3O/c2*8-5-6-3-1-2-4-7(6)9;2-1(5)4-3/h2*1-5,9H;3H2,(H3,2,4,5). The number of hydrogen-bond acceptors (Lipinski definition) is 6. The van der Waals surface area contributed by atoms with Crippen molar-refractivity contribution in [1.82, 2.24) is 5.43 Å². The first-order valence-corrected chi connectivity index (χ1v) is 6.18. The summed E-state index contributed by atoms with van der Waals surface area (Å²) in [7, 11) is 0. The molecule has 0 aliphatic rings. The van der Waals surface area contributed by atoms with Crippen LogP contribution in [-0.2, 0) is 0 Å². The van der Waals surface area contributed by atoms with Crippen molar-refractivity contribution in [3.63, 3.8) is 0 Å². The third-order valence-corrected chi connectivity index (χ3v) is 2.27. The Labute approximate surface area is 132 Å². The minimum Gasteiger partial charge on any atom is -0.507 e. The van der Waals surface area contributed by atoms with Crippen LogP contribution in [0.5, 0.6) is 11.5 Å². The summed E-state index contributed by atoms with van der Waals surface area (Å²) in [6.07, 6.45) is 1.24. The molecule has 0 unspecified atom stereocenters. The van der Waals surface area contributed by atoms with Crippen LogP contribution in [0.2, 0.25) is 0 Å². The van der Waals surface area contributed by atoms with Crippen LogP contribution in [0.15, 0.2) is 48.5 Å². The third-order valence-electron chi connectivity index (χ3n) is 2.27. The molecule has 0 spiro atoms. The molecule has 2 aromatic rings. The fourth-order valence-electron chi connectivity index (χ4n) is 1.17. The van der Waals surface area contributed by atoms with Gasteiger partial charge in [-0.25, -0.2) is 10.6 Å². The number of nitrogens with one attached hydrogen (secondary N) is 1. The fraction of sp³-hybridized carbons (Fsp3) is 0. The van der Waals surface area contributed by atoms with Gasteiger partial charge in [-0.1, -0.05) is 24.3 Å². The van der Waals surface area contributed by atoms with Gasteiger partial charge in [0.15, 0.2) is 12.6 Å². The number of carbonyl (C=O) groups excluding carboxylic acids is 3. The summed E-state index contributed by atoms with van der Waals surface area (Å²) < 4.78 is 0. The van der Waals surface area contributed by atoms with Gasteiger partial charge in [0.2, 0.25) is 0 Å². The average molecular weight is 319 g/mol. The molecule has 0 radical (unpaired) electrons. The molecule has 2 rings (SSSR count). The SMILES string of the molecule is NNC(N)=O.O=Cc1ccccc1O.O=Cc1ccccc1O. The number of phenols is 2. The first kappa shape index (κ1) is 19.6. The number of carbonyl (C=O) groups is 3. The molecule has 7 N–H and O–H groups in total. The predicted octanol–water partition coefficient (Wildman–Crippen LogP) is 0.938. The summed E-state index contributed by atoms with van der Waals surface area (Å²) >= 11 is 0. The van der Waals surface area contributed by atoms with Gasteiger partial charge in [-0.05, 0) is 24.3 Å². The zero-order valence-corrected chi connectivity index (χ0v) is 12.0. The number of urea groups is 1. The van der Waals surface area contributed by atoms with Crippen molar-refractivity contribution in [3.05, 3.63) is 59.7 Å². The zero-order valence-electron chi connectivity index (χ0n) is 12.0. The summed E-state index contributed by atoms with van der Waals surface area (Å²) in [6, 6.07) is 12.1. The number of para-hydroxylation sites is 2. The van der Waals surface area contributed by atoms with E-state index in [1.165, 1.54) is 12.1 Å². The number of aldehydes is 2. The minimum atomic E-state index is -0.718. The maximum atomic E-state index is 10.1. The normalized spacial score (nSPS) is 8.39. The summed E-state index contributed by atoms with van der Waals surface area (Å²) in [5.74, 6) is 4.52. The van der Waals surface area contributed by atoms with Gasteiger partial charge in [-0.15, -0.1) is 0 Å². The van der Waals surface area contributed by atoms with Gasteiger partial charge < -0.3 is 15.9 Å². The Hall–Kier alpha value is -3.39. The second-order valence-corrected chi connectivity index (χ2v) is 3.86. The summed E-state index contributed by atoms with van der Waals surface area (Å²) in [5.41, 5.74) is 6.75. The van der Waals surface area contributed by atoms with Gasteiger partial charge in [-0.3, -0.25) is 15.0 Å². The van der Waals surface area contributed by atoms with Crippen molar-refractivity contribution >= 4 is 18.6 Å². The number of phenolic OH excluding ortho intramolecular Hbond substituents is 2. The number of hydrazine groups is 1. The lowest BCUT2D eigenvalue weighted by molar-refractivity contribution is 0.111. The third kappa shape index (κ3) is 8.48. The predicted molar refractivity (Wildman–Crippen MR) is 83.9 cm³/mol. The second-order valence-electron chi connectivity index (χ2n) is 3.86. The Morgan fingerprint density at radius 2 is 1.17 bits per heavy atom. The van der Waals surface area contributed by atoms with Gasteiger partial charge in [-0.2, -0.15) is 0 Å². The van der Waals surface area contributed by atoms with E-state index in [-0.39, 0.29) is 11.5 Å². The van der Waals surface area contributed by atoms with Crippen LogP contribution in [0.4, 0.5) is 4.79 Å². The van der Waals surface area contributed by atoms with E-state index < -0.39 is 6.03 Å². The van der Waals surface area contributed by atoms with Crippen LogP contribution in [0.3, 0.4) is 0 Å². The molecule has 0 fully saturated rings. The van der Waals surface area contributed by atoms with E-state index in [1.54, 1.807) is 41.8 Å². The molecule has 2 aromatic carbocycles. The van der Waals surface area contributed by atoms with Crippen LogP contribution in [0.1, 0.15) is 20.7 Å². The number of aromatic hydroxyl groups is 2. The van der Waals surface area contributed by atoms with Crippen LogP contribution < -0.4 is 17.0 Å². The number of hydrogen-bond donors (Lipinski definition) is 5. The fourth-order valence-corrected chi connectivity index (χ4v) is 1.17. The van der Waals surface area contributed by atoms with Gasteiger partial charge in [0.25, 0.3) is 0 Å². The van der Waals surface area contributed by atoms with E-state index >= 15 is 0 Å². The van der Waals surface area contributed by atoms with E-state index in [4.69, 9.17) is 10.2 Å². The van der Waals surface area contributed by atoms with Crippen LogP contribution >= 0.6 is 0 Å². The summed E-state index contributed by atoms with van der Waals surface area (Å²) in [4.78, 5) is 29.5. The summed E-state index contributed by atoms with van der Waals surface area (Å²) in [5, 5.41) is 17.8. The highest BCUT2D eigenvalue weighted by atomic mass is 16.3. The highest BCUT2D eigenvalue weighted by molar-refractivity contribution is 5.79. The van der Waals surface area contributed by atoms with Crippen molar-refractivity contribution < 1.29 is 24.6 Å². The van der Waals surface area contributed by atoms with E-state index in [0.717, 1.165) is 0 Å². The molecular weight excluding hydrogens is 302 g/mol. The smallest absolute Gasteiger partial charge is 0.326 e. The Balaban J connectivity index is 0.000000332. The lowest BCUT2D eigenvalue weighted by Crippen LogP contribution is -2.34. The molecule has 8 heteroatoms. The Morgan fingerprint density at radius 1 is 0.870 bits per heavy atom. The molecule has 0 bridgehead atoms. The number of amides is 2. The van der Waals surface area contributed by atoms with Crippen molar-refractivity contribution in [3.8, 4) is 11.5 Å². The van der Waals surface area contributed by atoms with Gasteiger partial charge in [0, 0.05) is 0 Å². The second kappa shape index (κ2) is 11.3. The number of nitrogens with two attached hydrogens (primary N) is 2. The van der Waals surface area contributed by atoms with Crippen molar-refractivity contribution in [1.29, 1.82) is 0 Å². The van der Waals surface area contributed by atoms with Crippen LogP contribution in [0, 0.1) is 0 Å². The minimum absolute atomic E-state index is 0.0347. The molecule has 0 saturated heterocycles. The quantitative estimate of drug-likeness (QED) is 0.240. The maximum Gasteiger partial charge on any atom is 0.326 e. The lowest BCUT2D eigenvalue weighted by atomic mass is 10.2. The number of primary amides is 1. The number of benzene rings is 2. The van der Waals surface area contributed by atoms with Crippen molar-refractivity contribution in [2.24, 2.45) is 11.6 Å². The van der Waals surface area contributed by atoms with Gasteiger partial charge in [0.05, 0.1) is 11.1 Å². The Morgan fingerprint density at radius 3 is 1.35 bits per heavy atom. The zero-order chi connectivity index (χ0) is 17.7. The highest BCUT2D eigenvalue weighted by Crippen LogP contribution is 2.12. The molecule has 0 aromatic heterocycles. The van der Waals surface area contributed by atoms with Crippen molar-refractivity contribution in [2.75, 3.05) is 0 Å². The molecule has 2 amide bonds. The van der Waals surface area contributed by atoms with Crippen LogP contribution in [-0.4, -0.2) is 28.8 Å². The Bertz CT molecular complexity index is 597. The first-order chi connectivity index (χ1) is 11.0. The molecule has 0 saturated carbocycles. The molecule has 122 valence electrons. The van der Waals surface area contributed by atoms with Gasteiger partial charge in [0.1, 0.15) is 11.5 Å². The van der Waals surface area contributed by atoms with E-state index in [0.29, 0.717) is 23.7 Å². The van der Waals surface area contributed by atoms with Gasteiger partial charge >= 0.3 is 6.03 Å². The molecule has 0 atom stereocenters. The molecule has 0 heterocycles. The summed E-state index contributed by atoms with van der Waals surface area (Å²) in [6.45, 7) is 0. The number of rotatable bonds is 2. The first-order valence-electron chi connectivity index (χ1n) is 6.18. The monoisotopic (exact) mass is 319 g/mol. The molecule has 0 aliphatic heterocycles. The molecule has 0 aliphatic carbocycles. The molecule has 23 heavy (non-hydrogen) atoms. The van der Waals surface area contributed by atoms with E-state index in [2.05, 4.69) is 11.6 Å².